The summed E-state index contributed by atoms with van der Waals surface area (Å²) in [5, 5.41) is 0. The summed E-state index contributed by atoms with van der Waals surface area (Å²) < 4.78 is 15.2. The molecule has 0 N–H and O–H groups in total. The summed E-state index contributed by atoms with van der Waals surface area (Å²) in [5.41, 5.74) is 0.542. The Hall–Kier alpha value is -2.30. The standard InChI is InChI=1S/C15H16O5/c1-15(2)6-5-9-7-10(13(16)18-3)11(14(17)19-4)8-12(9)20-15/h5-8H,1-4H3. The molecule has 0 saturated heterocycles. The van der Waals surface area contributed by atoms with E-state index in [2.05, 4.69) is 0 Å². The number of carbonyl (C=O) groups is 2. The quantitative estimate of drug-likeness (QED) is 0.776. The van der Waals surface area contributed by atoms with E-state index in [0.29, 0.717) is 5.75 Å². The first-order chi connectivity index (χ1) is 9.38. The van der Waals surface area contributed by atoms with E-state index in [1.165, 1.54) is 20.3 Å². The van der Waals surface area contributed by atoms with E-state index in [1.54, 1.807) is 6.07 Å². The van der Waals surface area contributed by atoms with Gasteiger partial charge in [0.1, 0.15) is 11.4 Å². The first-order valence-corrected chi connectivity index (χ1v) is 6.11. The minimum atomic E-state index is -0.607. The van der Waals surface area contributed by atoms with Crippen molar-refractivity contribution in [2.24, 2.45) is 0 Å². The number of hydrogen-bond acceptors (Lipinski definition) is 5. The molecule has 0 spiro atoms. The van der Waals surface area contributed by atoms with Crippen molar-refractivity contribution in [2.45, 2.75) is 19.4 Å². The summed E-state index contributed by atoms with van der Waals surface area (Å²) in [4.78, 5) is 23.6. The van der Waals surface area contributed by atoms with Crippen molar-refractivity contribution >= 4 is 18.0 Å². The average Bonchev–Trinajstić information content (AvgIpc) is 2.43. The second-order valence-corrected chi connectivity index (χ2v) is 4.96. The van der Waals surface area contributed by atoms with Crippen LogP contribution in [0.2, 0.25) is 0 Å². The molecule has 1 aromatic rings. The fourth-order valence-corrected chi connectivity index (χ4v) is 1.98. The van der Waals surface area contributed by atoms with Crippen molar-refractivity contribution in [1.29, 1.82) is 0 Å². The molecule has 0 atom stereocenters. The Balaban J connectivity index is 2.59. The van der Waals surface area contributed by atoms with E-state index in [0.717, 1.165) is 5.56 Å². The molecule has 0 fully saturated rings. The zero-order valence-electron chi connectivity index (χ0n) is 11.9. The van der Waals surface area contributed by atoms with Gasteiger partial charge in [-0.25, -0.2) is 9.59 Å². The van der Waals surface area contributed by atoms with Gasteiger partial charge in [-0.3, -0.25) is 0 Å². The number of benzene rings is 1. The number of methoxy groups -OCH3 is 2. The van der Waals surface area contributed by atoms with E-state index in [9.17, 15) is 9.59 Å². The lowest BCUT2D eigenvalue weighted by Crippen LogP contribution is -2.28. The molecule has 0 bridgehead atoms. The van der Waals surface area contributed by atoms with E-state index < -0.39 is 17.5 Å². The number of ether oxygens (including phenoxy) is 3. The second-order valence-electron chi connectivity index (χ2n) is 4.96. The summed E-state index contributed by atoms with van der Waals surface area (Å²) in [6.45, 7) is 3.80. The SMILES string of the molecule is COC(=O)c1cc2c(cc1C(=O)OC)OC(C)(C)C=C2. The Morgan fingerprint density at radius 1 is 1.05 bits per heavy atom. The van der Waals surface area contributed by atoms with Gasteiger partial charge in [0, 0.05) is 5.56 Å². The van der Waals surface area contributed by atoms with Crippen molar-refractivity contribution in [1.82, 2.24) is 0 Å². The highest BCUT2D eigenvalue weighted by Crippen LogP contribution is 2.33. The van der Waals surface area contributed by atoms with Crippen LogP contribution in [0.5, 0.6) is 5.75 Å². The number of fused-ring (bicyclic) bond motifs is 1. The molecule has 0 amide bonds. The molecular weight excluding hydrogens is 260 g/mol. The van der Waals surface area contributed by atoms with Crippen LogP contribution in [0, 0.1) is 0 Å². The zero-order chi connectivity index (χ0) is 14.9. The third kappa shape index (κ3) is 2.52. The van der Waals surface area contributed by atoms with Gasteiger partial charge < -0.3 is 14.2 Å². The van der Waals surface area contributed by atoms with Gasteiger partial charge in [0.2, 0.25) is 0 Å². The molecule has 106 valence electrons. The molecule has 0 radical (unpaired) electrons. The fourth-order valence-electron chi connectivity index (χ4n) is 1.98. The minimum absolute atomic E-state index is 0.129. The molecule has 1 aliphatic rings. The summed E-state index contributed by atoms with van der Waals surface area (Å²) in [6, 6.07) is 3.08. The largest absolute Gasteiger partial charge is 0.483 e. The van der Waals surface area contributed by atoms with Crippen LogP contribution in [0.15, 0.2) is 18.2 Å². The predicted octanol–water partition coefficient (Wildman–Crippen LogP) is 2.44. The van der Waals surface area contributed by atoms with Gasteiger partial charge in [-0.15, -0.1) is 0 Å². The molecule has 0 aliphatic carbocycles. The van der Waals surface area contributed by atoms with Crippen LogP contribution < -0.4 is 4.74 Å². The normalized spacial score (nSPS) is 15.0. The number of esters is 2. The first-order valence-electron chi connectivity index (χ1n) is 6.11. The minimum Gasteiger partial charge on any atom is -0.483 e. The highest BCUT2D eigenvalue weighted by molar-refractivity contribution is 6.04. The maximum absolute atomic E-state index is 11.8. The van der Waals surface area contributed by atoms with Crippen LogP contribution >= 0.6 is 0 Å². The Labute approximate surface area is 117 Å². The molecule has 2 rings (SSSR count). The number of carbonyl (C=O) groups excluding carboxylic acids is 2. The van der Waals surface area contributed by atoms with Gasteiger partial charge in [-0.05, 0) is 32.1 Å². The first kappa shape index (κ1) is 14.1. The molecule has 1 aliphatic heterocycles. The monoisotopic (exact) mass is 276 g/mol. The van der Waals surface area contributed by atoms with Crippen molar-refractivity contribution < 1.29 is 23.8 Å². The number of rotatable bonds is 2. The van der Waals surface area contributed by atoms with E-state index in [4.69, 9.17) is 14.2 Å². The summed E-state index contributed by atoms with van der Waals surface area (Å²) in [5.74, 6) is -0.666. The van der Waals surface area contributed by atoms with E-state index >= 15 is 0 Å². The molecule has 0 saturated carbocycles. The molecule has 5 heteroatoms. The topological polar surface area (TPSA) is 61.8 Å². The molecular formula is C15H16O5. The fraction of sp³-hybridized carbons (Fsp3) is 0.333. The van der Waals surface area contributed by atoms with Gasteiger partial charge in [0.25, 0.3) is 0 Å². The van der Waals surface area contributed by atoms with Crippen molar-refractivity contribution in [3.8, 4) is 5.75 Å². The van der Waals surface area contributed by atoms with Gasteiger partial charge in [0.05, 0.1) is 25.3 Å². The second kappa shape index (κ2) is 5.00. The highest BCUT2D eigenvalue weighted by Gasteiger charge is 2.26. The Kier molecular flexibility index (Phi) is 3.53. The number of hydrogen-bond donors (Lipinski definition) is 0. The molecule has 0 aromatic heterocycles. The van der Waals surface area contributed by atoms with Gasteiger partial charge in [0.15, 0.2) is 0 Å². The lowest BCUT2D eigenvalue weighted by atomic mass is 9.97. The van der Waals surface area contributed by atoms with Crippen LogP contribution in [0.4, 0.5) is 0 Å². The zero-order valence-corrected chi connectivity index (χ0v) is 11.9. The summed E-state index contributed by atoms with van der Waals surface area (Å²) in [6.07, 6.45) is 3.74. The van der Waals surface area contributed by atoms with Crippen LogP contribution in [0.1, 0.15) is 40.1 Å². The summed E-state index contributed by atoms with van der Waals surface area (Å²) in [7, 11) is 2.52. The molecule has 20 heavy (non-hydrogen) atoms. The molecule has 5 nitrogen and oxygen atoms in total. The Bertz CT molecular complexity index is 599. The van der Waals surface area contributed by atoms with Crippen molar-refractivity contribution in [2.75, 3.05) is 14.2 Å². The van der Waals surface area contributed by atoms with Crippen LogP contribution in [-0.2, 0) is 9.47 Å². The van der Waals surface area contributed by atoms with Crippen LogP contribution in [0.3, 0.4) is 0 Å². The van der Waals surface area contributed by atoms with Crippen LogP contribution in [-0.4, -0.2) is 31.8 Å². The lowest BCUT2D eigenvalue weighted by Gasteiger charge is -2.28. The smallest absolute Gasteiger partial charge is 0.338 e. The van der Waals surface area contributed by atoms with Crippen molar-refractivity contribution in [3.05, 3.63) is 34.9 Å². The summed E-state index contributed by atoms with van der Waals surface area (Å²) >= 11 is 0. The molecule has 0 unspecified atom stereocenters. The maximum Gasteiger partial charge on any atom is 0.338 e. The molecule has 1 aromatic carbocycles. The lowest BCUT2D eigenvalue weighted by molar-refractivity contribution is 0.0554. The maximum atomic E-state index is 11.8. The van der Waals surface area contributed by atoms with Crippen molar-refractivity contribution in [3.63, 3.8) is 0 Å². The van der Waals surface area contributed by atoms with Gasteiger partial charge in [-0.2, -0.15) is 0 Å². The van der Waals surface area contributed by atoms with E-state index in [-0.39, 0.29) is 11.1 Å². The molecule has 1 heterocycles. The van der Waals surface area contributed by atoms with Gasteiger partial charge in [-0.1, -0.05) is 6.08 Å². The highest BCUT2D eigenvalue weighted by atomic mass is 16.5. The Morgan fingerprint density at radius 2 is 1.60 bits per heavy atom. The van der Waals surface area contributed by atoms with E-state index in [1.807, 2.05) is 26.0 Å². The Morgan fingerprint density at radius 3 is 2.15 bits per heavy atom. The average molecular weight is 276 g/mol. The van der Waals surface area contributed by atoms with Gasteiger partial charge >= 0.3 is 11.9 Å². The third-order valence-corrected chi connectivity index (χ3v) is 3.00. The van der Waals surface area contributed by atoms with Crippen LogP contribution in [0.25, 0.3) is 6.08 Å². The third-order valence-electron chi connectivity index (χ3n) is 3.00. The predicted molar refractivity (Wildman–Crippen MR) is 72.9 cm³/mol.